The average Bonchev–Trinajstić information content (AvgIpc) is 3.15. The first-order valence-corrected chi connectivity index (χ1v) is 20.2. The molecule has 9 atom stereocenters. The second kappa shape index (κ2) is 21.3. The number of rotatable bonds is 11. The summed E-state index contributed by atoms with van der Waals surface area (Å²) >= 11 is 0. The summed E-state index contributed by atoms with van der Waals surface area (Å²) in [5.41, 5.74) is 6.02. The number of hydrazine groups is 2. The number of ether oxygens (including phenoxy) is 1. The van der Waals surface area contributed by atoms with Gasteiger partial charge in [0, 0.05) is 13.1 Å². The smallest absolute Gasteiger partial charge is 0.330 e. The van der Waals surface area contributed by atoms with Gasteiger partial charge in [0.2, 0.25) is 30.0 Å². The number of hydrogen-bond donors (Lipinski definition) is 7. The van der Waals surface area contributed by atoms with Crippen molar-refractivity contribution in [2.45, 2.75) is 156 Å². The molecule has 3 heterocycles. The molecule has 7 N–H and O–H groups in total. The number of nitrogens with zero attached hydrogens (tertiary/aromatic N) is 2. The summed E-state index contributed by atoms with van der Waals surface area (Å²) in [6, 6.07) is -8.15. The van der Waals surface area contributed by atoms with Gasteiger partial charge >= 0.3 is 5.97 Å². The van der Waals surface area contributed by atoms with Crippen LogP contribution in [0.2, 0.25) is 0 Å². The average molecular weight is 792 g/mol. The number of esters is 1. The highest BCUT2D eigenvalue weighted by molar-refractivity contribution is 5.97. The zero-order chi connectivity index (χ0) is 41.9. The molecule has 7 amide bonds. The molecule has 56 heavy (non-hydrogen) atoms. The van der Waals surface area contributed by atoms with Gasteiger partial charge in [0.15, 0.2) is 0 Å². The van der Waals surface area contributed by atoms with Crippen molar-refractivity contribution in [2.75, 3.05) is 13.1 Å². The molecule has 3 saturated heterocycles. The molecule has 0 aromatic heterocycles. The number of amides is 7. The molecule has 3 fully saturated rings. The number of carbonyl (C=O) groups excluding carboxylic acids is 8. The quantitative estimate of drug-likeness (QED) is 0.107. The van der Waals surface area contributed by atoms with E-state index in [4.69, 9.17) is 4.74 Å². The van der Waals surface area contributed by atoms with E-state index < -0.39 is 95.7 Å². The van der Waals surface area contributed by atoms with Crippen LogP contribution in [0.4, 0.5) is 0 Å². The summed E-state index contributed by atoms with van der Waals surface area (Å²) in [6.07, 6.45) is 1.49. The van der Waals surface area contributed by atoms with E-state index >= 15 is 0 Å². The molecule has 3 aliphatic rings. The standard InChI is InChI=1S/C38H65N9O9/c1-10-23(8)30(39-19-48)34(51)45-31-24(9)56-38(55)28-14-12-16-41-47(28)36(53)26(18-21(4)5)43-33(50)27-13-11-15-40-46(27)37(54)29(22(6)7)44-32(49)25(17-20(2)3)42-35(31)52/h19-31,40-41H,10-18H2,1-9H3,(H,39,48)(H,42,52)(H,43,50)(H,44,49)(H,45,51)/t23-,24+,25-,26-,27+,28+,29-,30-,31-/m1/s1. The highest BCUT2D eigenvalue weighted by Gasteiger charge is 2.44. The van der Waals surface area contributed by atoms with Gasteiger partial charge in [-0.1, -0.05) is 61.8 Å². The van der Waals surface area contributed by atoms with E-state index in [1.807, 2.05) is 34.6 Å². The summed E-state index contributed by atoms with van der Waals surface area (Å²) in [5, 5.41) is 15.9. The molecule has 18 nitrogen and oxygen atoms in total. The molecule has 0 saturated carbocycles. The minimum Gasteiger partial charge on any atom is -0.458 e. The van der Waals surface area contributed by atoms with Crippen LogP contribution >= 0.6 is 0 Å². The van der Waals surface area contributed by atoms with Gasteiger partial charge in [0.05, 0.1) is 0 Å². The highest BCUT2D eigenvalue weighted by atomic mass is 16.5. The number of nitrogens with one attached hydrogen (secondary N) is 7. The Morgan fingerprint density at radius 1 is 0.786 bits per heavy atom. The van der Waals surface area contributed by atoms with Crippen LogP contribution in [0.25, 0.3) is 0 Å². The molecule has 3 rings (SSSR count). The van der Waals surface area contributed by atoms with Gasteiger partial charge in [-0.2, -0.15) is 0 Å². The first-order chi connectivity index (χ1) is 26.4. The summed E-state index contributed by atoms with van der Waals surface area (Å²) in [6.45, 7) is 16.7. The maximum atomic E-state index is 14.3. The van der Waals surface area contributed by atoms with E-state index in [2.05, 4.69) is 37.4 Å². The monoisotopic (exact) mass is 791 g/mol. The summed E-state index contributed by atoms with van der Waals surface area (Å²) < 4.78 is 5.87. The third kappa shape index (κ3) is 12.1. The van der Waals surface area contributed by atoms with Crippen LogP contribution in [0.3, 0.4) is 0 Å². The minimum atomic E-state index is -1.55. The van der Waals surface area contributed by atoms with Crippen LogP contribution in [0.5, 0.6) is 0 Å². The third-order valence-electron chi connectivity index (χ3n) is 10.5. The van der Waals surface area contributed by atoms with Crippen molar-refractivity contribution < 1.29 is 43.1 Å². The molecule has 0 spiro atoms. The molecule has 0 aromatic carbocycles. The maximum Gasteiger partial charge on any atom is 0.330 e. The van der Waals surface area contributed by atoms with Gasteiger partial charge in [-0.25, -0.2) is 15.6 Å². The molecule has 0 bridgehead atoms. The number of carbonyl (C=O) groups is 8. The van der Waals surface area contributed by atoms with Gasteiger partial charge in [-0.15, -0.1) is 0 Å². The lowest BCUT2D eigenvalue weighted by Gasteiger charge is -2.40. The van der Waals surface area contributed by atoms with Crippen molar-refractivity contribution >= 4 is 47.8 Å². The molecule has 3 aliphatic heterocycles. The predicted molar refractivity (Wildman–Crippen MR) is 205 cm³/mol. The van der Waals surface area contributed by atoms with Gasteiger partial charge in [0.25, 0.3) is 11.8 Å². The topological polar surface area (TPSA) is 236 Å². The predicted octanol–water partition coefficient (Wildman–Crippen LogP) is -0.229. The lowest BCUT2D eigenvalue weighted by Crippen LogP contribution is -2.66. The normalized spacial score (nSPS) is 28.8. The lowest BCUT2D eigenvalue weighted by molar-refractivity contribution is -0.167. The van der Waals surface area contributed by atoms with Gasteiger partial charge in [0.1, 0.15) is 48.4 Å². The molecule has 18 heteroatoms. The maximum absolute atomic E-state index is 14.3. The van der Waals surface area contributed by atoms with Crippen molar-refractivity contribution in [2.24, 2.45) is 23.7 Å². The van der Waals surface area contributed by atoms with Crippen LogP contribution in [0, 0.1) is 23.7 Å². The van der Waals surface area contributed by atoms with Crippen LogP contribution in [0.15, 0.2) is 0 Å². The molecular formula is C38H65N9O9. The Bertz CT molecular complexity index is 1430. The van der Waals surface area contributed by atoms with Crippen molar-refractivity contribution in [3.8, 4) is 0 Å². The van der Waals surface area contributed by atoms with Crippen LogP contribution in [0.1, 0.15) is 107 Å². The van der Waals surface area contributed by atoms with Crippen molar-refractivity contribution in [1.82, 2.24) is 47.5 Å². The van der Waals surface area contributed by atoms with Crippen molar-refractivity contribution in [3.05, 3.63) is 0 Å². The van der Waals surface area contributed by atoms with E-state index in [0.717, 1.165) is 0 Å². The first kappa shape index (κ1) is 46.1. The lowest BCUT2D eigenvalue weighted by atomic mass is 9.97. The Morgan fingerprint density at radius 2 is 1.34 bits per heavy atom. The SMILES string of the molecule is CC[C@@H](C)[C@@H](NC=O)C(=O)N[C@H]1C(=O)N[C@H](CC(C)C)C(=O)N[C@H](C(C)C)C(=O)N2NCCC[C@H]2C(=O)N[C@H](CC(C)C)C(=O)N2NCCC[C@H]2C(=O)O[C@H]1C. The number of cyclic esters (lactones) is 1. The zero-order valence-electron chi connectivity index (χ0n) is 34.4. The Balaban J connectivity index is 2.17. The minimum absolute atomic E-state index is 0.0570. The second-order valence-electron chi connectivity index (χ2n) is 16.4. The van der Waals surface area contributed by atoms with Crippen molar-refractivity contribution in [1.29, 1.82) is 0 Å². The zero-order valence-corrected chi connectivity index (χ0v) is 34.4. The molecule has 0 aliphatic carbocycles. The Morgan fingerprint density at radius 3 is 1.89 bits per heavy atom. The summed E-state index contributed by atoms with van der Waals surface area (Å²) in [7, 11) is 0. The molecular weight excluding hydrogens is 726 g/mol. The van der Waals surface area contributed by atoms with E-state index in [1.165, 1.54) is 16.9 Å². The summed E-state index contributed by atoms with van der Waals surface area (Å²) in [4.78, 5) is 110. The van der Waals surface area contributed by atoms with E-state index in [9.17, 15) is 38.4 Å². The van der Waals surface area contributed by atoms with Crippen LogP contribution < -0.4 is 37.4 Å². The number of hydrogen-bond acceptors (Lipinski definition) is 11. The van der Waals surface area contributed by atoms with E-state index in [1.54, 1.807) is 20.8 Å². The molecule has 316 valence electrons. The Hall–Kier alpha value is -4.32. The Kier molecular flexibility index (Phi) is 17.5. The first-order valence-electron chi connectivity index (χ1n) is 20.2. The molecule has 0 aromatic rings. The molecule has 0 radical (unpaired) electrons. The van der Waals surface area contributed by atoms with Crippen molar-refractivity contribution in [3.63, 3.8) is 0 Å². The van der Waals surface area contributed by atoms with Crippen LogP contribution in [-0.4, -0.2) is 119 Å². The van der Waals surface area contributed by atoms with Gasteiger partial charge in [-0.3, -0.25) is 43.6 Å². The second-order valence-corrected chi connectivity index (χ2v) is 16.4. The van der Waals surface area contributed by atoms with Crippen LogP contribution in [-0.2, 0) is 43.1 Å². The van der Waals surface area contributed by atoms with Gasteiger partial charge in [-0.05, 0) is 69.1 Å². The largest absolute Gasteiger partial charge is 0.458 e. The Labute approximate surface area is 330 Å². The highest BCUT2D eigenvalue weighted by Crippen LogP contribution is 2.21. The van der Waals surface area contributed by atoms with E-state index in [-0.39, 0.29) is 37.0 Å². The molecule has 0 unspecified atom stereocenters. The fraction of sp³-hybridized carbons (Fsp3) is 0.789. The fourth-order valence-electron chi connectivity index (χ4n) is 7.19. The number of fused-ring (bicyclic) bond motifs is 2. The van der Waals surface area contributed by atoms with E-state index in [0.29, 0.717) is 45.2 Å². The fourth-order valence-corrected chi connectivity index (χ4v) is 7.19. The van der Waals surface area contributed by atoms with Gasteiger partial charge < -0.3 is 31.3 Å². The summed E-state index contributed by atoms with van der Waals surface area (Å²) in [5.74, 6) is -5.76. The third-order valence-corrected chi connectivity index (χ3v) is 10.5.